The number of aromatic nitrogens is 2. The fraction of sp³-hybridized carbons (Fsp3) is 0.500. The molecule has 0 amide bonds. The fourth-order valence-corrected chi connectivity index (χ4v) is 3.03. The molecule has 1 aromatic carbocycles. The van der Waals surface area contributed by atoms with E-state index >= 15 is 0 Å². The average molecular weight is 270 g/mol. The molecular formula is C16H22N4. The Bertz CT molecular complexity index is 564. The average Bonchev–Trinajstić information content (AvgIpc) is 2.53. The van der Waals surface area contributed by atoms with Crippen LogP contribution in [-0.2, 0) is 0 Å². The smallest absolute Gasteiger partial charge is 0.159 e. The Balaban J connectivity index is 1.95. The van der Waals surface area contributed by atoms with Crippen molar-refractivity contribution in [2.45, 2.75) is 32.2 Å². The second kappa shape index (κ2) is 6.18. The topological polar surface area (TPSA) is 41.0 Å². The highest BCUT2D eigenvalue weighted by Gasteiger charge is 2.24. The lowest BCUT2D eigenvalue weighted by Gasteiger charge is -2.37. The molecule has 1 N–H and O–H groups in total. The number of benzene rings is 1. The minimum absolute atomic E-state index is 0.531. The van der Waals surface area contributed by atoms with E-state index in [2.05, 4.69) is 51.6 Å². The van der Waals surface area contributed by atoms with Gasteiger partial charge in [0.1, 0.15) is 0 Å². The van der Waals surface area contributed by atoms with E-state index in [9.17, 15) is 0 Å². The molecule has 1 aliphatic rings. The minimum Gasteiger partial charge on any atom is -0.350 e. The first-order valence-electron chi connectivity index (χ1n) is 7.58. The van der Waals surface area contributed by atoms with E-state index < -0.39 is 0 Å². The highest BCUT2D eigenvalue weighted by atomic mass is 15.3. The molecule has 4 heteroatoms. The summed E-state index contributed by atoms with van der Waals surface area (Å²) < 4.78 is 0. The Kier molecular flexibility index (Phi) is 4.11. The summed E-state index contributed by atoms with van der Waals surface area (Å²) in [6, 6.07) is 8.93. The van der Waals surface area contributed by atoms with Crippen molar-refractivity contribution in [2.24, 2.45) is 0 Å². The van der Waals surface area contributed by atoms with Gasteiger partial charge in [-0.05, 0) is 25.8 Å². The molecule has 0 radical (unpaired) electrons. The molecule has 0 aliphatic carbocycles. The zero-order chi connectivity index (χ0) is 13.8. The summed E-state index contributed by atoms with van der Waals surface area (Å²) in [5.74, 6) is 1.05. The van der Waals surface area contributed by atoms with Gasteiger partial charge < -0.3 is 10.2 Å². The summed E-state index contributed by atoms with van der Waals surface area (Å²) in [5, 5.41) is 14.5. The van der Waals surface area contributed by atoms with E-state index in [1.165, 1.54) is 30.0 Å². The maximum atomic E-state index is 4.44. The summed E-state index contributed by atoms with van der Waals surface area (Å²) in [7, 11) is 0. The van der Waals surface area contributed by atoms with Crippen LogP contribution in [0.3, 0.4) is 0 Å². The van der Waals surface area contributed by atoms with Crippen LogP contribution in [0.1, 0.15) is 26.2 Å². The first kappa shape index (κ1) is 13.3. The van der Waals surface area contributed by atoms with Gasteiger partial charge >= 0.3 is 0 Å². The van der Waals surface area contributed by atoms with Crippen molar-refractivity contribution in [3.8, 4) is 0 Å². The molecule has 0 saturated carbocycles. The molecule has 1 atom stereocenters. The van der Waals surface area contributed by atoms with Crippen molar-refractivity contribution in [3.63, 3.8) is 0 Å². The van der Waals surface area contributed by atoms with Gasteiger partial charge in [0.2, 0.25) is 0 Å². The van der Waals surface area contributed by atoms with Crippen molar-refractivity contribution in [3.05, 3.63) is 30.5 Å². The van der Waals surface area contributed by atoms with Gasteiger partial charge in [0.05, 0.1) is 6.20 Å². The normalized spacial score (nSPS) is 19.4. The largest absolute Gasteiger partial charge is 0.350 e. The second-order valence-corrected chi connectivity index (χ2v) is 5.41. The van der Waals surface area contributed by atoms with Crippen molar-refractivity contribution in [2.75, 3.05) is 24.5 Å². The van der Waals surface area contributed by atoms with Crippen LogP contribution in [0.4, 0.5) is 5.82 Å². The van der Waals surface area contributed by atoms with Crippen molar-refractivity contribution in [1.82, 2.24) is 15.5 Å². The first-order chi connectivity index (χ1) is 9.90. The Morgan fingerprint density at radius 1 is 1.30 bits per heavy atom. The van der Waals surface area contributed by atoms with E-state index in [0.717, 1.165) is 25.5 Å². The van der Waals surface area contributed by atoms with E-state index in [-0.39, 0.29) is 0 Å². The van der Waals surface area contributed by atoms with Crippen LogP contribution < -0.4 is 10.2 Å². The van der Waals surface area contributed by atoms with Gasteiger partial charge in [0.15, 0.2) is 5.82 Å². The lowest BCUT2D eigenvalue weighted by Crippen LogP contribution is -2.46. The lowest BCUT2D eigenvalue weighted by molar-refractivity contribution is 0.436. The zero-order valence-corrected chi connectivity index (χ0v) is 12.0. The molecule has 0 spiro atoms. The van der Waals surface area contributed by atoms with Gasteiger partial charge in [-0.25, -0.2) is 0 Å². The number of fused-ring (bicyclic) bond motifs is 1. The predicted molar refractivity (Wildman–Crippen MR) is 83.1 cm³/mol. The van der Waals surface area contributed by atoms with Crippen LogP contribution in [0.2, 0.25) is 0 Å². The van der Waals surface area contributed by atoms with Gasteiger partial charge in [0, 0.05) is 29.9 Å². The number of likely N-dealkylation sites (N-methyl/N-ethyl adjacent to an activating group) is 1. The molecule has 106 valence electrons. The number of hydrogen-bond acceptors (Lipinski definition) is 4. The first-order valence-corrected chi connectivity index (χ1v) is 7.58. The molecule has 3 rings (SSSR count). The standard InChI is InChI=1S/C16H22N4/c1-2-17-12-14-8-5-6-10-20(14)16-15-9-4-3-7-13(15)11-18-19-16/h3-4,7,9,11,14,17H,2,5-6,8,10,12H2,1H3. The van der Waals surface area contributed by atoms with Crippen LogP contribution in [0.5, 0.6) is 0 Å². The van der Waals surface area contributed by atoms with E-state index in [0.29, 0.717) is 6.04 Å². The third-order valence-corrected chi connectivity index (χ3v) is 4.08. The molecule has 1 unspecified atom stereocenters. The van der Waals surface area contributed by atoms with Gasteiger partial charge in [-0.15, -0.1) is 5.10 Å². The summed E-state index contributed by atoms with van der Waals surface area (Å²) in [6.07, 6.45) is 5.64. The summed E-state index contributed by atoms with van der Waals surface area (Å²) >= 11 is 0. The maximum Gasteiger partial charge on any atom is 0.159 e. The van der Waals surface area contributed by atoms with Crippen LogP contribution in [0, 0.1) is 0 Å². The van der Waals surface area contributed by atoms with Gasteiger partial charge in [-0.1, -0.05) is 31.2 Å². The molecule has 2 aromatic rings. The third kappa shape index (κ3) is 2.61. The number of nitrogens with zero attached hydrogens (tertiary/aromatic N) is 3. The molecular weight excluding hydrogens is 248 g/mol. The highest BCUT2D eigenvalue weighted by Crippen LogP contribution is 2.28. The zero-order valence-electron chi connectivity index (χ0n) is 12.0. The molecule has 0 bridgehead atoms. The van der Waals surface area contributed by atoms with Crippen LogP contribution >= 0.6 is 0 Å². The molecule has 20 heavy (non-hydrogen) atoms. The third-order valence-electron chi connectivity index (χ3n) is 4.08. The number of nitrogens with one attached hydrogen (secondary N) is 1. The number of piperidine rings is 1. The lowest BCUT2D eigenvalue weighted by atomic mass is 10.0. The quantitative estimate of drug-likeness (QED) is 0.927. The van der Waals surface area contributed by atoms with E-state index in [4.69, 9.17) is 0 Å². The molecule has 1 fully saturated rings. The predicted octanol–water partition coefficient (Wildman–Crippen LogP) is 2.60. The summed E-state index contributed by atoms with van der Waals surface area (Å²) in [6.45, 7) is 5.29. The van der Waals surface area contributed by atoms with Crippen LogP contribution in [-0.4, -0.2) is 35.9 Å². The number of hydrogen-bond donors (Lipinski definition) is 1. The van der Waals surface area contributed by atoms with Crippen molar-refractivity contribution in [1.29, 1.82) is 0 Å². The van der Waals surface area contributed by atoms with Gasteiger partial charge in [-0.3, -0.25) is 0 Å². The molecule has 1 aromatic heterocycles. The molecule has 1 saturated heterocycles. The Morgan fingerprint density at radius 3 is 3.10 bits per heavy atom. The van der Waals surface area contributed by atoms with Crippen molar-refractivity contribution < 1.29 is 0 Å². The van der Waals surface area contributed by atoms with Gasteiger partial charge in [0.25, 0.3) is 0 Å². The monoisotopic (exact) mass is 270 g/mol. The Hall–Kier alpha value is -1.68. The molecule has 1 aliphatic heterocycles. The number of rotatable bonds is 4. The SMILES string of the molecule is CCNCC1CCCCN1c1nncc2ccccc12. The van der Waals surface area contributed by atoms with E-state index in [1.807, 2.05) is 6.20 Å². The van der Waals surface area contributed by atoms with Crippen molar-refractivity contribution >= 4 is 16.6 Å². The highest BCUT2D eigenvalue weighted by molar-refractivity contribution is 5.91. The van der Waals surface area contributed by atoms with Crippen LogP contribution in [0.15, 0.2) is 30.5 Å². The minimum atomic E-state index is 0.531. The Morgan fingerprint density at radius 2 is 2.20 bits per heavy atom. The fourth-order valence-electron chi connectivity index (χ4n) is 3.03. The summed E-state index contributed by atoms with van der Waals surface area (Å²) in [5.41, 5.74) is 0. The van der Waals surface area contributed by atoms with Crippen LogP contribution in [0.25, 0.3) is 10.8 Å². The molecule has 4 nitrogen and oxygen atoms in total. The molecule has 2 heterocycles. The second-order valence-electron chi connectivity index (χ2n) is 5.41. The number of anilines is 1. The van der Waals surface area contributed by atoms with E-state index in [1.54, 1.807) is 0 Å². The summed E-state index contributed by atoms with van der Waals surface area (Å²) in [4.78, 5) is 2.45. The Labute approximate surface area is 120 Å². The maximum absolute atomic E-state index is 4.44. The van der Waals surface area contributed by atoms with Gasteiger partial charge in [-0.2, -0.15) is 5.10 Å².